The zero-order valence-electron chi connectivity index (χ0n) is 15.8. The van der Waals surface area contributed by atoms with Gasteiger partial charge in [-0.15, -0.1) is 0 Å². The molecule has 0 bridgehead atoms. The predicted molar refractivity (Wildman–Crippen MR) is 89.8 cm³/mol. The van der Waals surface area contributed by atoms with E-state index in [0.29, 0.717) is 0 Å². The van der Waals surface area contributed by atoms with E-state index in [1.165, 1.54) is 0 Å². The number of amides is 1. The number of aliphatic hydroxyl groups excluding tert-OH is 6. The van der Waals surface area contributed by atoms with Crippen LogP contribution in [0, 0.1) is 0 Å². The van der Waals surface area contributed by atoms with Crippen LogP contribution < -0.4 is 5.32 Å². The normalized spacial score (nSPS) is 42.9. The van der Waals surface area contributed by atoms with Gasteiger partial charge < -0.3 is 54.9 Å². The fourth-order valence-electron chi connectivity index (χ4n) is 3.27. The Morgan fingerprint density at radius 1 is 0.897 bits per heavy atom. The number of carbonyl (C=O) groups excluding carboxylic acids is 2. The van der Waals surface area contributed by atoms with Crippen LogP contribution in [0.15, 0.2) is 0 Å². The molecule has 0 unspecified atom stereocenters. The monoisotopic (exact) mass is 425 g/mol. The van der Waals surface area contributed by atoms with Gasteiger partial charge >= 0.3 is 5.97 Å². The van der Waals surface area contributed by atoms with Crippen LogP contribution in [0.2, 0.25) is 0 Å². The molecule has 1 amide bonds. The van der Waals surface area contributed by atoms with Crippen LogP contribution in [0.1, 0.15) is 13.8 Å². The molecule has 2 saturated heterocycles. The number of nitrogens with one attached hydrogen (secondary N) is 1. The molecular weight excluding hydrogens is 398 g/mol. The maximum Gasteiger partial charge on any atom is 0.303 e. The van der Waals surface area contributed by atoms with Gasteiger partial charge in [-0.2, -0.15) is 0 Å². The third kappa shape index (κ3) is 5.39. The molecule has 0 saturated carbocycles. The summed E-state index contributed by atoms with van der Waals surface area (Å²) in [5.74, 6) is -1.43. The van der Waals surface area contributed by atoms with Crippen molar-refractivity contribution in [3.05, 3.63) is 0 Å². The van der Waals surface area contributed by atoms with Gasteiger partial charge in [0.2, 0.25) is 5.91 Å². The first-order chi connectivity index (χ1) is 13.6. The fraction of sp³-hybridized carbons (Fsp3) is 0.875. The summed E-state index contributed by atoms with van der Waals surface area (Å²) in [7, 11) is 0. The molecule has 0 aliphatic carbocycles. The number of rotatable bonds is 6. The van der Waals surface area contributed by atoms with Crippen molar-refractivity contribution >= 4 is 11.9 Å². The van der Waals surface area contributed by atoms with Crippen LogP contribution >= 0.6 is 0 Å². The number of hydrogen-bond donors (Lipinski definition) is 7. The van der Waals surface area contributed by atoms with Crippen LogP contribution in [-0.4, -0.2) is 117 Å². The zero-order chi connectivity index (χ0) is 21.9. The quantitative estimate of drug-likeness (QED) is 0.201. The van der Waals surface area contributed by atoms with Gasteiger partial charge in [-0.1, -0.05) is 0 Å². The Hall–Kier alpha value is -1.42. The Morgan fingerprint density at radius 2 is 1.48 bits per heavy atom. The number of aliphatic hydroxyl groups is 6. The topological polar surface area (TPSA) is 204 Å². The maximum absolute atomic E-state index is 11.5. The van der Waals surface area contributed by atoms with E-state index in [0.717, 1.165) is 13.8 Å². The van der Waals surface area contributed by atoms with Crippen LogP contribution in [0.5, 0.6) is 0 Å². The minimum atomic E-state index is -1.77. The molecule has 0 aromatic rings. The van der Waals surface area contributed by atoms with Crippen molar-refractivity contribution in [3.63, 3.8) is 0 Å². The van der Waals surface area contributed by atoms with Gasteiger partial charge in [-0.3, -0.25) is 9.59 Å². The summed E-state index contributed by atoms with van der Waals surface area (Å²) in [6, 6.07) is -1.33. The highest BCUT2D eigenvalue weighted by molar-refractivity contribution is 5.73. The lowest BCUT2D eigenvalue weighted by Gasteiger charge is -2.47. The van der Waals surface area contributed by atoms with E-state index in [1.807, 2.05) is 0 Å². The standard InChI is InChI=1S/C16H27NO12/c1-5(20)17-9-12(24)10(22)7(3-18)28-16(9)29-13-11(23)8(4-19)27-15(25)14(13)26-6(2)21/h7-16,18-19,22-25H,3-4H2,1-2H3,(H,17,20)/t7-,8-,9-,10-,11-,12-,13+,14-,15+,16+/m1/s1. The highest BCUT2D eigenvalue weighted by Crippen LogP contribution is 2.30. The van der Waals surface area contributed by atoms with Crippen molar-refractivity contribution < 1.29 is 59.2 Å². The Morgan fingerprint density at radius 3 is 2.00 bits per heavy atom. The first-order valence-electron chi connectivity index (χ1n) is 8.95. The summed E-state index contributed by atoms with van der Waals surface area (Å²) in [5.41, 5.74) is 0. The van der Waals surface area contributed by atoms with Gasteiger partial charge in [-0.25, -0.2) is 0 Å². The molecule has 2 heterocycles. The molecule has 168 valence electrons. The lowest BCUT2D eigenvalue weighted by Crippen LogP contribution is -2.68. The van der Waals surface area contributed by atoms with Crippen molar-refractivity contribution in [3.8, 4) is 0 Å². The third-order valence-corrected chi connectivity index (χ3v) is 4.66. The average molecular weight is 425 g/mol. The van der Waals surface area contributed by atoms with Gasteiger partial charge in [0.05, 0.1) is 13.2 Å². The highest BCUT2D eigenvalue weighted by Gasteiger charge is 2.52. The minimum Gasteiger partial charge on any atom is -0.454 e. The molecule has 0 radical (unpaired) electrons. The van der Waals surface area contributed by atoms with Crippen LogP contribution in [-0.2, 0) is 28.5 Å². The van der Waals surface area contributed by atoms with E-state index >= 15 is 0 Å². The molecule has 0 aromatic carbocycles. The van der Waals surface area contributed by atoms with Crippen LogP contribution in [0.3, 0.4) is 0 Å². The molecule has 29 heavy (non-hydrogen) atoms. The average Bonchev–Trinajstić information content (AvgIpc) is 2.65. The lowest BCUT2D eigenvalue weighted by atomic mass is 9.95. The van der Waals surface area contributed by atoms with Gasteiger partial charge in [0.1, 0.15) is 42.7 Å². The second-order valence-electron chi connectivity index (χ2n) is 6.85. The molecule has 0 aromatic heterocycles. The summed E-state index contributed by atoms with van der Waals surface area (Å²) in [5, 5.41) is 62.0. The first-order valence-corrected chi connectivity index (χ1v) is 8.95. The van der Waals surface area contributed by atoms with Gasteiger partial charge in [0.15, 0.2) is 18.7 Å². The number of ether oxygens (including phenoxy) is 4. The van der Waals surface area contributed by atoms with Crippen molar-refractivity contribution in [2.45, 2.75) is 75.2 Å². The summed E-state index contributed by atoms with van der Waals surface area (Å²) in [6.45, 7) is 0.792. The van der Waals surface area contributed by atoms with Crippen molar-refractivity contribution in [1.29, 1.82) is 0 Å². The molecule has 0 spiro atoms. The molecule has 2 rings (SSSR count). The number of esters is 1. The van der Waals surface area contributed by atoms with E-state index in [9.17, 15) is 40.2 Å². The van der Waals surface area contributed by atoms with E-state index in [1.54, 1.807) is 0 Å². The maximum atomic E-state index is 11.5. The van der Waals surface area contributed by atoms with Crippen molar-refractivity contribution in [2.24, 2.45) is 0 Å². The van der Waals surface area contributed by atoms with E-state index in [-0.39, 0.29) is 0 Å². The van der Waals surface area contributed by atoms with E-state index < -0.39 is 86.4 Å². The highest BCUT2D eigenvalue weighted by atomic mass is 16.7. The van der Waals surface area contributed by atoms with Crippen molar-refractivity contribution in [1.82, 2.24) is 5.32 Å². The smallest absolute Gasteiger partial charge is 0.303 e. The largest absolute Gasteiger partial charge is 0.454 e. The molecule has 2 fully saturated rings. The number of carbonyl (C=O) groups is 2. The lowest BCUT2D eigenvalue weighted by molar-refractivity contribution is -0.342. The first kappa shape index (κ1) is 23.9. The van der Waals surface area contributed by atoms with Gasteiger partial charge in [-0.05, 0) is 0 Å². The third-order valence-electron chi connectivity index (χ3n) is 4.66. The van der Waals surface area contributed by atoms with Crippen molar-refractivity contribution in [2.75, 3.05) is 13.2 Å². The van der Waals surface area contributed by atoms with Crippen LogP contribution in [0.25, 0.3) is 0 Å². The predicted octanol–water partition coefficient (Wildman–Crippen LogP) is -4.68. The molecule has 2 aliphatic heterocycles. The molecule has 2 aliphatic rings. The molecule has 13 heteroatoms. The van der Waals surface area contributed by atoms with Gasteiger partial charge in [0, 0.05) is 13.8 Å². The summed E-state index contributed by atoms with van der Waals surface area (Å²) < 4.78 is 21.0. The summed E-state index contributed by atoms with van der Waals surface area (Å²) >= 11 is 0. The fourth-order valence-corrected chi connectivity index (χ4v) is 3.27. The SMILES string of the molecule is CC(=O)N[C@H]1[C@H](O[C@H]2[C@H](O)[C@@H](CO)O[C@H](O)[C@@H]2OC(C)=O)O[C@H](CO)[C@@H](O)[C@@H]1O. The van der Waals surface area contributed by atoms with Crippen LogP contribution in [0.4, 0.5) is 0 Å². The molecule has 10 atom stereocenters. The molecule has 7 N–H and O–H groups in total. The Bertz CT molecular complexity index is 576. The second-order valence-corrected chi connectivity index (χ2v) is 6.85. The second kappa shape index (κ2) is 10.1. The Kier molecular flexibility index (Phi) is 8.28. The minimum absolute atomic E-state index is 0.599. The van der Waals surface area contributed by atoms with E-state index in [2.05, 4.69) is 5.32 Å². The Balaban J connectivity index is 2.31. The summed E-state index contributed by atoms with van der Waals surface area (Å²) in [4.78, 5) is 22.9. The summed E-state index contributed by atoms with van der Waals surface area (Å²) in [6.07, 6.45) is -13.7. The Labute approximate surface area is 165 Å². The number of hydrogen-bond acceptors (Lipinski definition) is 12. The molecule has 13 nitrogen and oxygen atoms in total. The molecular formula is C16H27NO12. The van der Waals surface area contributed by atoms with E-state index in [4.69, 9.17) is 18.9 Å². The van der Waals surface area contributed by atoms with Gasteiger partial charge in [0.25, 0.3) is 0 Å². The zero-order valence-corrected chi connectivity index (χ0v) is 15.8.